The van der Waals surface area contributed by atoms with Gasteiger partial charge in [-0.05, 0) is 43.0 Å². The standard InChI is InChI=1S/C13H18FNO3S/c1-9-5-6-15(12(9)8-16)19(17,18)13-4-3-11(14)7-10(13)2/h3-4,7,9,12,16H,5-6,8H2,1-2H3. The van der Waals surface area contributed by atoms with Crippen molar-refractivity contribution in [2.45, 2.75) is 31.2 Å². The fourth-order valence-electron chi connectivity index (χ4n) is 2.57. The van der Waals surface area contributed by atoms with Gasteiger partial charge in [0.25, 0.3) is 0 Å². The van der Waals surface area contributed by atoms with E-state index in [0.29, 0.717) is 12.1 Å². The molecule has 0 aliphatic carbocycles. The zero-order valence-corrected chi connectivity index (χ0v) is 11.8. The van der Waals surface area contributed by atoms with Crippen molar-refractivity contribution >= 4 is 10.0 Å². The Morgan fingerprint density at radius 2 is 2.16 bits per heavy atom. The highest BCUT2D eigenvalue weighted by molar-refractivity contribution is 7.89. The van der Waals surface area contributed by atoms with Crippen molar-refractivity contribution in [3.63, 3.8) is 0 Å². The number of rotatable bonds is 3. The monoisotopic (exact) mass is 287 g/mol. The summed E-state index contributed by atoms with van der Waals surface area (Å²) < 4.78 is 39.5. The molecule has 1 fully saturated rings. The molecule has 106 valence electrons. The highest BCUT2D eigenvalue weighted by Gasteiger charge is 2.39. The summed E-state index contributed by atoms with van der Waals surface area (Å²) in [6.07, 6.45) is 0.727. The van der Waals surface area contributed by atoms with Crippen molar-refractivity contribution in [3.8, 4) is 0 Å². The Labute approximate surface area is 112 Å². The molecule has 4 nitrogen and oxygen atoms in total. The second-order valence-electron chi connectivity index (χ2n) is 5.04. The average molecular weight is 287 g/mol. The molecule has 1 aliphatic rings. The lowest BCUT2D eigenvalue weighted by Crippen LogP contribution is -2.40. The first-order chi connectivity index (χ1) is 8.87. The van der Waals surface area contributed by atoms with Crippen molar-refractivity contribution < 1.29 is 17.9 Å². The summed E-state index contributed by atoms with van der Waals surface area (Å²) >= 11 is 0. The van der Waals surface area contributed by atoms with Gasteiger partial charge in [0.05, 0.1) is 17.5 Å². The van der Waals surface area contributed by atoms with Crippen molar-refractivity contribution in [1.29, 1.82) is 0 Å². The number of sulfonamides is 1. The van der Waals surface area contributed by atoms with E-state index >= 15 is 0 Å². The first kappa shape index (κ1) is 14.4. The number of halogens is 1. The van der Waals surface area contributed by atoms with Crippen molar-refractivity contribution in [1.82, 2.24) is 4.31 Å². The van der Waals surface area contributed by atoms with E-state index in [9.17, 15) is 17.9 Å². The Morgan fingerprint density at radius 1 is 1.47 bits per heavy atom. The number of benzene rings is 1. The molecule has 2 unspecified atom stereocenters. The molecule has 1 aromatic carbocycles. The molecule has 0 spiro atoms. The van der Waals surface area contributed by atoms with Gasteiger partial charge in [-0.1, -0.05) is 6.92 Å². The summed E-state index contributed by atoms with van der Waals surface area (Å²) in [6.45, 7) is 3.70. The molecular weight excluding hydrogens is 269 g/mol. The fraction of sp³-hybridized carbons (Fsp3) is 0.538. The Kier molecular flexibility index (Phi) is 3.94. The number of hydrogen-bond acceptors (Lipinski definition) is 3. The van der Waals surface area contributed by atoms with Crippen LogP contribution >= 0.6 is 0 Å². The molecule has 0 radical (unpaired) electrons. The van der Waals surface area contributed by atoms with Crippen LogP contribution in [0.5, 0.6) is 0 Å². The maximum absolute atomic E-state index is 13.1. The first-order valence-electron chi connectivity index (χ1n) is 6.26. The third kappa shape index (κ3) is 2.52. The van der Waals surface area contributed by atoms with Crippen LogP contribution in [0.4, 0.5) is 4.39 Å². The molecule has 6 heteroatoms. The van der Waals surface area contributed by atoms with Gasteiger partial charge in [0.2, 0.25) is 10.0 Å². The Hall–Kier alpha value is -0.980. The van der Waals surface area contributed by atoms with E-state index in [4.69, 9.17) is 0 Å². The SMILES string of the molecule is Cc1cc(F)ccc1S(=O)(=O)N1CCC(C)C1CO. The molecule has 1 aromatic rings. The smallest absolute Gasteiger partial charge is 0.243 e. The minimum atomic E-state index is -3.67. The number of nitrogens with zero attached hydrogens (tertiary/aromatic N) is 1. The molecule has 0 saturated carbocycles. The van der Waals surface area contributed by atoms with Crippen molar-refractivity contribution in [3.05, 3.63) is 29.6 Å². The van der Waals surface area contributed by atoms with E-state index < -0.39 is 21.9 Å². The molecule has 1 heterocycles. The molecule has 2 rings (SSSR count). The van der Waals surface area contributed by atoms with Crippen LogP contribution < -0.4 is 0 Å². The molecule has 1 saturated heterocycles. The lowest BCUT2D eigenvalue weighted by molar-refractivity contribution is 0.191. The van der Waals surface area contributed by atoms with Gasteiger partial charge in [-0.3, -0.25) is 0 Å². The molecule has 2 atom stereocenters. The van der Waals surface area contributed by atoms with Gasteiger partial charge in [0.1, 0.15) is 5.82 Å². The molecular formula is C13H18FNO3S. The van der Waals surface area contributed by atoms with Crippen LogP contribution in [-0.2, 0) is 10.0 Å². The van der Waals surface area contributed by atoms with E-state index in [0.717, 1.165) is 12.5 Å². The molecule has 1 N–H and O–H groups in total. The Morgan fingerprint density at radius 3 is 2.74 bits per heavy atom. The van der Waals surface area contributed by atoms with Crippen LogP contribution in [-0.4, -0.2) is 37.0 Å². The summed E-state index contributed by atoms with van der Waals surface area (Å²) in [6, 6.07) is 3.25. The quantitative estimate of drug-likeness (QED) is 0.917. The number of aliphatic hydroxyl groups is 1. The summed E-state index contributed by atoms with van der Waals surface area (Å²) in [5.41, 5.74) is 0.385. The van der Waals surface area contributed by atoms with Crippen molar-refractivity contribution in [2.75, 3.05) is 13.2 Å². The Balaban J connectivity index is 2.42. The van der Waals surface area contributed by atoms with Gasteiger partial charge >= 0.3 is 0 Å². The largest absolute Gasteiger partial charge is 0.395 e. The fourth-order valence-corrected chi connectivity index (χ4v) is 4.51. The van der Waals surface area contributed by atoms with Gasteiger partial charge in [-0.25, -0.2) is 12.8 Å². The summed E-state index contributed by atoms with van der Waals surface area (Å²) in [7, 11) is -3.67. The van der Waals surface area contributed by atoms with Crippen LogP contribution in [0.15, 0.2) is 23.1 Å². The van der Waals surface area contributed by atoms with Crippen LogP contribution in [0.25, 0.3) is 0 Å². The first-order valence-corrected chi connectivity index (χ1v) is 7.70. The number of aryl methyl sites for hydroxylation is 1. The van der Waals surface area contributed by atoms with E-state index in [1.54, 1.807) is 6.92 Å². The van der Waals surface area contributed by atoms with Gasteiger partial charge < -0.3 is 5.11 Å². The molecule has 19 heavy (non-hydrogen) atoms. The van der Waals surface area contributed by atoms with Crippen LogP contribution in [0.3, 0.4) is 0 Å². The van der Waals surface area contributed by atoms with Gasteiger partial charge in [0, 0.05) is 6.54 Å². The highest BCUT2D eigenvalue weighted by Crippen LogP contribution is 2.31. The van der Waals surface area contributed by atoms with E-state index in [1.807, 2.05) is 6.92 Å². The maximum Gasteiger partial charge on any atom is 0.243 e. The van der Waals surface area contributed by atoms with Gasteiger partial charge in [-0.15, -0.1) is 0 Å². The van der Waals surface area contributed by atoms with E-state index in [-0.39, 0.29) is 17.4 Å². The molecule has 0 amide bonds. The molecule has 0 aromatic heterocycles. The summed E-state index contributed by atoms with van der Waals surface area (Å²) in [4.78, 5) is 0.112. The summed E-state index contributed by atoms with van der Waals surface area (Å²) in [5, 5.41) is 9.36. The maximum atomic E-state index is 13.1. The minimum Gasteiger partial charge on any atom is -0.395 e. The zero-order valence-electron chi connectivity index (χ0n) is 11.0. The second kappa shape index (κ2) is 5.19. The van der Waals surface area contributed by atoms with Crippen molar-refractivity contribution in [2.24, 2.45) is 5.92 Å². The minimum absolute atomic E-state index is 0.112. The highest BCUT2D eigenvalue weighted by atomic mass is 32.2. The second-order valence-corrected chi connectivity index (χ2v) is 6.90. The van der Waals surface area contributed by atoms with E-state index in [2.05, 4.69) is 0 Å². The van der Waals surface area contributed by atoms with Crippen LogP contribution in [0.2, 0.25) is 0 Å². The zero-order chi connectivity index (χ0) is 14.2. The van der Waals surface area contributed by atoms with Crippen LogP contribution in [0.1, 0.15) is 18.9 Å². The third-order valence-electron chi connectivity index (χ3n) is 3.74. The Bertz CT molecular complexity index is 573. The van der Waals surface area contributed by atoms with Gasteiger partial charge in [0.15, 0.2) is 0 Å². The van der Waals surface area contributed by atoms with Gasteiger partial charge in [-0.2, -0.15) is 4.31 Å². The lowest BCUT2D eigenvalue weighted by Gasteiger charge is -2.25. The molecule has 1 aliphatic heterocycles. The predicted molar refractivity (Wildman–Crippen MR) is 69.7 cm³/mol. The lowest BCUT2D eigenvalue weighted by atomic mass is 10.0. The number of aliphatic hydroxyl groups excluding tert-OH is 1. The average Bonchev–Trinajstić information content (AvgIpc) is 2.70. The van der Waals surface area contributed by atoms with Crippen LogP contribution in [0, 0.1) is 18.7 Å². The predicted octanol–water partition coefficient (Wildman–Crippen LogP) is 1.53. The van der Waals surface area contributed by atoms with E-state index in [1.165, 1.54) is 16.4 Å². The molecule has 0 bridgehead atoms. The summed E-state index contributed by atoms with van der Waals surface area (Å²) in [5.74, 6) is -0.328. The normalized spacial score (nSPS) is 24.8. The topological polar surface area (TPSA) is 57.6 Å². The number of hydrogen-bond donors (Lipinski definition) is 1. The third-order valence-corrected chi connectivity index (χ3v) is 5.83.